The standard InChI is InChI=1S/C12H16O4/c1-9(13)10-6-11(14)8-12(7-10)16-5-3-4-15-2/h6-8,14H,3-5H2,1-2H3. The summed E-state index contributed by atoms with van der Waals surface area (Å²) in [5.41, 5.74) is 0.446. The van der Waals surface area contributed by atoms with Crippen molar-refractivity contribution in [1.29, 1.82) is 0 Å². The van der Waals surface area contributed by atoms with Gasteiger partial charge in [-0.2, -0.15) is 0 Å². The minimum Gasteiger partial charge on any atom is -0.508 e. The smallest absolute Gasteiger partial charge is 0.160 e. The van der Waals surface area contributed by atoms with E-state index in [2.05, 4.69) is 0 Å². The summed E-state index contributed by atoms with van der Waals surface area (Å²) >= 11 is 0. The summed E-state index contributed by atoms with van der Waals surface area (Å²) in [4.78, 5) is 11.1. The van der Waals surface area contributed by atoms with Crippen LogP contribution in [0.1, 0.15) is 23.7 Å². The molecule has 1 rings (SSSR count). The molecule has 0 saturated heterocycles. The van der Waals surface area contributed by atoms with Crippen molar-refractivity contribution >= 4 is 5.78 Å². The van der Waals surface area contributed by atoms with Crippen molar-refractivity contribution in [3.05, 3.63) is 23.8 Å². The number of ether oxygens (including phenoxy) is 2. The van der Waals surface area contributed by atoms with Gasteiger partial charge in [0.15, 0.2) is 5.78 Å². The molecule has 0 bridgehead atoms. The summed E-state index contributed by atoms with van der Waals surface area (Å²) in [5, 5.41) is 9.39. The zero-order chi connectivity index (χ0) is 12.0. The number of carbonyl (C=O) groups excluding carboxylic acids is 1. The number of Topliss-reactive ketones (excluding diaryl/α,β-unsaturated/α-hetero) is 1. The molecule has 0 spiro atoms. The van der Waals surface area contributed by atoms with E-state index in [9.17, 15) is 9.90 Å². The lowest BCUT2D eigenvalue weighted by Gasteiger charge is -2.07. The van der Waals surface area contributed by atoms with E-state index in [-0.39, 0.29) is 11.5 Å². The lowest BCUT2D eigenvalue weighted by molar-refractivity contribution is 0.101. The quantitative estimate of drug-likeness (QED) is 0.593. The SMILES string of the molecule is COCCCOc1cc(O)cc(C(C)=O)c1. The van der Waals surface area contributed by atoms with E-state index in [1.807, 2.05) is 0 Å². The molecule has 0 heterocycles. The van der Waals surface area contributed by atoms with Crippen molar-refractivity contribution in [3.63, 3.8) is 0 Å². The second-order valence-electron chi connectivity index (χ2n) is 3.47. The Kier molecular flexibility index (Phi) is 4.79. The Bertz CT molecular complexity index is 360. The molecule has 1 aromatic carbocycles. The van der Waals surface area contributed by atoms with Gasteiger partial charge >= 0.3 is 0 Å². The zero-order valence-electron chi connectivity index (χ0n) is 9.53. The Morgan fingerprint density at radius 1 is 1.31 bits per heavy atom. The van der Waals surface area contributed by atoms with Crippen molar-refractivity contribution in [1.82, 2.24) is 0 Å². The Morgan fingerprint density at radius 3 is 2.69 bits per heavy atom. The van der Waals surface area contributed by atoms with Crippen LogP contribution in [0.25, 0.3) is 0 Å². The molecule has 0 amide bonds. The van der Waals surface area contributed by atoms with Crippen LogP contribution in [0, 0.1) is 0 Å². The third-order valence-corrected chi connectivity index (χ3v) is 2.06. The summed E-state index contributed by atoms with van der Waals surface area (Å²) in [6.07, 6.45) is 0.765. The maximum absolute atomic E-state index is 11.1. The van der Waals surface area contributed by atoms with Gasteiger partial charge in [-0.1, -0.05) is 0 Å². The van der Waals surface area contributed by atoms with Crippen molar-refractivity contribution in [2.24, 2.45) is 0 Å². The van der Waals surface area contributed by atoms with E-state index in [1.165, 1.54) is 19.1 Å². The first-order valence-corrected chi connectivity index (χ1v) is 5.10. The second kappa shape index (κ2) is 6.12. The number of methoxy groups -OCH3 is 1. The number of benzene rings is 1. The minimum absolute atomic E-state index is 0.0365. The van der Waals surface area contributed by atoms with Gasteiger partial charge in [0.2, 0.25) is 0 Å². The van der Waals surface area contributed by atoms with Gasteiger partial charge in [0, 0.05) is 31.8 Å². The van der Waals surface area contributed by atoms with E-state index in [0.717, 1.165) is 6.42 Å². The molecule has 0 aromatic heterocycles. The van der Waals surface area contributed by atoms with Crippen molar-refractivity contribution < 1.29 is 19.4 Å². The molecule has 16 heavy (non-hydrogen) atoms. The molecule has 0 unspecified atom stereocenters. The first kappa shape index (κ1) is 12.5. The van der Waals surface area contributed by atoms with Gasteiger partial charge in [-0.25, -0.2) is 0 Å². The number of aromatic hydroxyl groups is 1. The Hall–Kier alpha value is -1.55. The molecule has 88 valence electrons. The molecular formula is C12H16O4. The van der Waals surface area contributed by atoms with Crippen LogP contribution in [0.4, 0.5) is 0 Å². The third-order valence-electron chi connectivity index (χ3n) is 2.06. The lowest BCUT2D eigenvalue weighted by atomic mass is 10.1. The highest BCUT2D eigenvalue weighted by Gasteiger charge is 2.04. The van der Waals surface area contributed by atoms with Gasteiger partial charge in [-0.3, -0.25) is 4.79 Å². The predicted octanol–water partition coefficient (Wildman–Crippen LogP) is 2.01. The van der Waals surface area contributed by atoms with E-state index >= 15 is 0 Å². The van der Waals surface area contributed by atoms with Crippen LogP contribution in [0.3, 0.4) is 0 Å². The largest absolute Gasteiger partial charge is 0.508 e. The van der Waals surface area contributed by atoms with Gasteiger partial charge < -0.3 is 14.6 Å². The number of ketones is 1. The summed E-state index contributed by atoms with van der Waals surface area (Å²) in [7, 11) is 1.63. The first-order chi connectivity index (χ1) is 7.63. The van der Waals surface area contributed by atoms with Crippen LogP contribution in [0.2, 0.25) is 0 Å². The Balaban J connectivity index is 2.62. The van der Waals surface area contributed by atoms with Gasteiger partial charge in [0.1, 0.15) is 11.5 Å². The van der Waals surface area contributed by atoms with Crippen molar-refractivity contribution in [2.45, 2.75) is 13.3 Å². The summed E-state index contributed by atoms with van der Waals surface area (Å²) < 4.78 is 10.3. The summed E-state index contributed by atoms with van der Waals surface area (Å²) in [6, 6.07) is 4.53. The Morgan fingerprint density at radius 2 is 2.06 bits per heavy atom. The lowest BCUT2D eigenvalue weighted by Crippen LogP contribution is -2.02. The fourth-order valence-corrected chi connectivity index (χ4v) is 1.26. The fourth-order valence-electron chi connectivity index (χ4n) is 1.26. The maximum Gasteiger partial charge on any atom is 0.160 e. The van der Waals surface area contributed by atoms with E-state index in [0.29, 0.717) is 24.5 Å². The van der Waals surface area contributed by atoms with Crippen LogP contribution < -0.4 is 4.74 Å². The molecule has 1 aromatic rings. The van der Waals surface area contributed by atoms with Crippen LogP contribution in [0.15, 0.2) is 18.2 Å². The highest BCUT2D eigenvalue weighted by Crippen LogP contribution is 2.22. The van der Waals surface area contributed by atoms with Gasteiger partial charge in [-0.15, -0.1) is 0 Å². The van der Waals surface area contributed by atoms with Crippen LogP contribution in [-0.2, 0) is 4.74 Å². The van der Waals surface area contributed by atoms with Gasteiger partial charge in [-0.05, 0) is 19.1 Å². The average molecular weight is 224 g/mol. The normalized spacial score (nSPS) is 10.1. The van der Waals surface area contributed by atoms with E-state index < -0.39 is 0 Å². The zero-order valence-corrected chi connectivity index (χ0v) is 9.53. The van der Waals surface area contributed by atoms with E-state index in [1.54, 1.807) is 13.2 Å². The molecular weight excluding hydrogens is 208 g/mol. The van der Waals surface area contributed by atoms with Crippen LogP contribution in [-0.4, -0.2) is 31.2 Å². The van der Waals surface area contributed by atoms with Gasteiger partial charge in [0.05, 0.1) is 6.61 Å². The van der Waals surface area contributed by atoms with Gasteiger partial charge in [0.25, 0.3) is 0 Å². The second-order valence-corrected chi connectivity index (χ2v) is 3.47. The molecule has 0 aliphatic carbocycles. The van der Waals surface area contributed by atoms with Crippen LogP contribution >= 0.6 is 0 Å². The number of phenols is 1. The number of hydrogen-bond donors (Lipinski definition) is 1. The predicted molar refractivity (Wildman–Crippen MR) is 60.1 cm³/mol. The van der Waals surface area contributed by atoms with E-state index in [4.69, 9.17) is 9.47 Å². The number of phenolic OH excluding ortho intramolecular Hbond substituents is 1. The topological polar surface area (TPSA) is 55.8 Å². The highest BCUT2D eigenvalue weighted by molar-refractivity contribution is 5.94. The summed E-state index contributed by atoms with van der Waals surface area (Å²) in [5.74, 6) is 0.438. The first-order valence-electron chi connectivity index (χ1n) is 5.10. The molecule has 0 aliphatic heterocycles. The summed E-state index contributed by atoms with van der Waals surface area (Å²) in [6.45, 7) is 2.57. The molecule has 0 fully saturated rings. The molecule has 4 heteroatoms. The minimum atomic E-state index is -0.0994. The highest BCUT2D eigenvalue weighted by atomic mass is 16.5. The fraction of sp³-hybridized carbons (Fsp3) is 0.417. The molecule has 0 radical (unpaired) electrons. The number of hydrogen-bond acceptors (Lipinski definition) is 4. The molecule has 0 atom stereocenters. The molecule has 1 N–H and O–H groups in total. The third kappa shape index (κ3) is 3.90. The molecule has 0 saturated carbocycles. The van der Waals surface area contributed by atoms with Crippen LogP contribution in [0.5, 0.6) is 11.5 Å². The number of carbonyl (C=O) groups is 1. The molecule has 4 nitrogen and oxygen atoms in total. The maximum atomic E-state index is 11.1. The number of rotatable bonds is 6. The monoisotopic (exact) mass is 224 g/mol. The van der Waals surface area contributed by atoms with Crippen molar-refractivity contribution in [3.8, 4) is 11.5 Å². The Labute approximate surface area is 94.8 Å². The molecule has 0 aliphatic rings. The average Bonchev–Trinajstić information content (AvgIpc) is 2.23. The van der Waals surface area contributed by atoms with Crippen molar-refractivity contribution in [2.75, 3.05) is 20.3 Å².